The van der Waals surface area contributed by atoms with Gasteiger partial charge >= 0.3 is 0 Å². The summed E-state index contributed by atoms with van der Waals surface area (Å²) in [5.41, 5.74) is 1.18. The number of likely N-dealkylation sites (N-methyl/N-ethyl adjacent to an activating group) is 1. The van der Waals surface area contributed by atoms with Crippen molar-refractivity contribution >= 4 is 21.4 Å². The molecule has 102 valence electrons. The summed E-state index contributed by atoms with van der Waals surface area (Å²) >= 11 is 1.74. The van der Waals surface area contributed by atoms with Gasteiger partial charge in [-0.25, -0.2) is 0 Å². The maximum absolute atomic E-state index is 6.29. The van der Waals surface area contributed by atoms with Gasteiger partial charge in [0.2, 0.25) is 0 Å². The highest BCUT2D eigenvalue weighted by Crippen LogP contribution is 2.35. The molecule has 0 bridgehead atoms. The summed E-state index contributed by atoms with van der Waals surface area (Å²) in [4.78, 5) is 2.23. The Morgan fingerprint density at radius 3 is 3.20 bits per heavy atom. The predicted octanol–water partition coefficient (Wildman–Crippen LogP) is 4.06. The molecule has 20 heavy (non-hydrogen) atoms. The molecule has 0 saturated carbocycles. The second kappa shape index (κ2) is 4.65. The molecule has 0 N–H and O–H groups in total. The molecule has 1 aliphatic rings. The van der Waals surface area contributed by atoms with Gasteiger partial charge in [-0.15, -0.1) is 11.3 Å². The van der Waals surface area contributed by atoms with Crippen LogP contribution < -0.4 is 4.74 Å². The molecule has 0 spiro atoms. The van der Waals surface area contributed by atoms with Crippen molar-refractivity contribution < 1.29 is 9.15 Å². The van der Waals surface area contributed by atoms with Gasteiger partial charge in [0, 0.05) is 22.2 Å². The number of hydrogen-bond donors (Lipinski definition) is 0. The lowest BCUT2D eigenvalue weighted by Gasteiger charge is -2.29. The summed E-state index contributed by atoms with van der Waals surface area (Å²) in [6.45, 7) is 1.73. The van der Waals surface area contributed by atoms with E-state index in [0.29, 0.717) is 0 Å². The van der Waals surface area contributed by atoms with Crippen molar-refractivity contribution in [2.45, 2.75) is 12.6 Å². The normalized spacial score (nSPS) is 19.1. The van der Waals surface area contributed by atoms with E-state index in [1.54, 1.807) is 17.6 Å². The van der Waals surface area contributed by atoms with E-state index in [1.807, 2.05) is 12.1 Å². The molecule has 0 aliphatic carbocycles. The smallest absolute Gasteiger partial charge is 0.140 e. The highest BCUT2D eigenvalue weighted by molar-refractivity contribution is 7.17. The maximum Gasteiger partial charge on any atom is 0.140 e. The summed E-state index contributed by atoms with van der Waals surface area (Å²) in [5.74, 6) is 1.97. The van der Waals surface area contributed by atoms with Gasteiger partial charge in [0.05, 0.1) is 12.8 Å². The van der Waals surface area contributed by atoms with Crippen molar-refractivity contribution in [2.24, 2.45) is 0 Å². The third-order valence-electron chi connectivity index (χ3n) is 3.74. The first-order valence-electron chi connectivity index (χ1n) is 6.69. The van der Waals surface area contributed by atoms with Gasteiger partial charge in [-0.1, -0.05) is 6.07 Å². The number of benzene rings is 1. The number of rotatable bonds is 2. The molecule has 0 radical (unpaired) electrons. The Balaban J connectivity index is 1.71. The minimum Gasteiger partial charge on any atom is -0.484 e. The van der Waals surface area contributed by atoms with Gasteiger partial charge < -0.3 is 9.15 Å². The van der Waals surface area contributed by atoms with Gasteiger partial charge in [0.1, 0.15) is 17.6 Å². The van der Waals surface area contributed by atoms with E-state index >= 15 is 0 Å². The fourth-order valence-corrected chi connectivity index (χ4v) is 3.58. The highest BCUT2D eigenvalue weighted by Gasteiger charge is 2.27. The summed E-state index contributed by atoms with van der Waals surface area (Å²) in [6.07, 6.45) is 1.79. The maximum atomic E-state index is 6.29. The molecule has 1 unspecified atom stereocenters. The van der Waals surface area contributed by atoms with Crippen molar-refractivity contribution in [2.75, 3.05) is 13.6 Å². The summed E-state index contributed by atoms with van der Waals surface area (Å²) in [7, 11) is 2.09. The van der Waals surface area contributed by atoms with Gasteiger partial charge in [0.25, 0.3) is 0 Å². The number of ether oxygens (including phenoxy) is 1. The predicted molar refractivity (Wildman–Crippen MR) is 80.2 cm³/mol. The van der Waals surface area contributed by atoms with Crippen LogP contribution in [-0.2, 0) is 6.54 Å². The Morgan fingerprint density at radius 2 is 2.25 bits per heavy atom. The standard InChI is InChI=1S/C16H15NO2S/c1-17-9-14-11(5-7-18-14)15(10-17)19-13-3-2-4-16-12(13)6-8-20-16/h2-8,15H,9-10H2,1H3. The minimum absolute atomic E-state index is 0.0352. The summed E-state index contributed by atoms with van der Waals surface area (Å²) in [5, 5.41) is 3.30. The van der Waals surface area contributed by atoms with E-state index in [0.717, 1.165) is 24.6 Å². The number of thiophene rings is 1. The van der Waals surface area contributed by atoms with Gasteiger partial charge in [-0.2, -0.15) is 0 Å². The zero-order valence-corrected chi connectivity index (χ0v) is 12.0. The summed E-state index contributed by atoms with van der Waals surface area (Å²) in [6, 6.07) is 10.4. The molecule has 0 fully saturated rings. The first kappa shape index (κ1) is 12.0. The van der Waals surface area contributed by atoms with Crippen LogP contribution in [0.25, 0.3) is 10.1 Å². The van der Waals surface area contributed by atoms with E-state index in [9.17, 15) is 0 Å². The molecule has 0 saturated heterocycles. The van der Waals surface area contributed by atoms with E-state index in [-0.39, 0.29) is 6.10 Å². The molecule has 3 aromatic rings. The Kier molecular flexibility index (Phi) is 2.79. The van der Waals surface area contributed by atoms with Gasteiger partial charge in [-0.05, 0) is 36.7 Å². The van der Waals surface area contributed by atoms with Crippen LogP contribution in [0, 0.1) is 0 Å². The average Bonchev–Trinajstić information content (AvgIpc) is 3.06. The van der Waals surface area contributed by atoms with Crippen LogP contribution in [-0.4, -0.2) is 18.5 Å². The summed E-state index contributed by atoms with van der Waals surface area (Å²) < 4.78 is 13.1. The van der Waals surface area contributed by atoms with Crippen LogP contribution in [0.3, 0.4) is 0 Å². The van der Waals surface area contributed by atoms with Crippen LogP contribution >= 0.6 is 11.3 Å². The van der Waals surface area contributed by atoms with Crippen molar-refractivity contribution in [3.63, 3.8) is 0 Å². The number of fused-ring (bicyclic) bond motifs is 2. The largest absolute Gasteiger partial charge is 0.484 e. The van der Waals surface area contributed by atoms with Crippen molar-refractivity contribution in [3.8, 4) is 5.75 Å². The SMILES string of the molecule is CN1Cc2occc2C(Oc2cccc3sccc23)C1. The Labute approximate surface area is 121 Å². The van der Waals surface area contributed by atoms with Crippen LogP contribution in [0.5, 0.6) is 5.75 Å². The monoisotopic (exact) mass is 285 g/mol. The lowest BCUT2D eigenvalue weighted by atomic mass is 10.1. The van der Waals surface area contributed by atoms with Crippen LogP contribution in [0.4, 0.5) is 0 Å². The fourth-order valence-electron chi connectivity index (χ4n) is 2.78. The molecule has 3 nitrogen and oxygen atoms in total. The molecule has 3 heterocycles. The first-order valence-corrected chi connectivity index (χ1v) is 7.57. The van der Waals surface area contributed by atoms with E-state index in [1.165, 1.54) is 15.6 Å². The molecule has 1 atom stereocenters. The van der Waals surface area contributed by atoms with Crippen molar-refractivity contribution in [1.82, 2.24) is 4.90 Å². The lowest BCUT2D eigenvalue weighted by molar-refractivity contribution is 0.121. The van der Waals surface area contributed by atoms with Crippen LogP contribution in [0.15, 0.2) is 46.4 Å². The Hall–Kier alpha value is -1.78. The van der Waals surface area contributed by atoms with Crippen molar-refractivity contribution in [1.29, 1.82) is 0 Å². The quantitative estimate of drug-likeness (QED) is 0.710. The fraction of sp³-hybridized carbons (Fsp3) is 0.250. The van der Waals surface area contributed by atoms with Crippen LogP contribution in [0.1, 0.15) is 17.4 Å². The number of furan rings is 1. The highest BCUT2D eigenvalue weighted by atomic mass is 32.1. The van der Waals surface area contributed by atoms with Gasteiger partial charge in [-0.3, -0.25) is 4.90 Å². The van der Waals surface area contributed by atoms with Gasteiger partial charge in [0.15, 0.2) is 0 Å². The first-order chi connectivity index (χ1) is 9.81. The number of nitrogens with zero attached hydrogens (tertiary/aromatic N) is 1. The molecule has 1 aliphatic heterocycles. The van der Waals surface area contributed by atoms with E-state index in [4.69, 9.17) is 9.15 Å². The third kappa shape index (κ3) is 1.92. The zero-order valence-electron chi connectivity index (χ0n) is 11.2. The van der Waals surface area contributed by atoms with E-state index in [2.05, 4.69) is 35.5 Å². The second-order valence-corrected chi connectivity index (χ2v) is 6.14. The zero-order chi connectivity index (χ0) is 13.5. The molecule has 1 aromatic carbocycles. The molecule has 4 heteroatoms. The molecule has 0 amide bonds. The number of hydrogen-bond acceptors (Lipinski definition) is 4. The van der Waals surface area contributed by atoms with Crippen LogP contribution in [0.2, 0.25) is 0 Å². The average molecular weight is 285 g/mol. The van der Waals surface area contributed by atoms with E-state index < -0.39 is 0 Å². The third-order valence-corrected chi connectivity index (χ3v) is 4.62. The molecule has 2 aromatic heterocycles. The molecule has 4 rings (SSSR count). The minimum atomic E-state index is 0.0352. The Morgan fingerprint density at radius 1 is 1.30 bits per heavy atom. The Bertz CT molecular complexity index is 746. The van der Waals surface area contributed by atoms with Crippen molar-refractivity contribution in [3.05, 3.63) is 53.3 Å². The molecular weight excluding hydrogens is 270 g/mol. The molecular formula is C16H15NO2S. The topological polar surface area (TPSA) is 25.6 Å². The second-order valence-electron chi connectivity index (χ2n) is 5.19. The lowest BCUT2D eigenvalue weighted by Crippen LogP contribution is -2.32.